The van der Waals surface area contributed by atoms with Crippen molar-refractivity contribution >= 4 is 17.8 Å². The highest BCUT2D eigenvalue weighted by Gasteiger charge is 2.15. The predicted molar refractivity (Wildman–Crippen MR) is 81.0 cm³/mol. The largest absolute Gasteiger partial charge is 0.507 e. The Bertz CT molecular complexity index is 822. The maximum atomic E-state index is 11.9. The lowest BCUT2D eigenvalue weighted by Gasteiger charge is -2.02. The van der Waals surface area contributed by atoms with E-state index in [1.54, 1.807) is 24.3 Å². The molecule has 0 aliphatic carbocycles. The minimum absolute atomic E-state index is 0.254. The van der Waals surface area contributed by atoms with E-state index in [1.807, 2.05) is 6.07 Å². The number of aromatic hydroxyl groups is 1. The standard InChI is InChI=1S/C15H10N4O4/c16-8-10-1-3-11(4-2-10)9-17-18-15(21)13-7-12(19(22)23)5-6-14(13)20/h1-7,9,20H,(H,18,21)/b17-9-. The maximum absolute atomic E-state index is 11.9. The summed E-state index contributed by atoms with van der Waals surface area (Å²) in [6, 6.07) is 11.6. The van der Waals surface area contributed by atoms with Crippen molar-refractivity contribution in [2.75, 3.05) is 0 Å². The highest BCUT2D eigenvalue weighted by molar-refractivity contribution is 5.97. The third-order valence-electron chi connectivity index (χ3n) is 2.86. The molecule has 1 amide bonds. The van der Waals surface area contributed by atoms with Crippen LogP contribution in [0.3, 0.4) is 0 Å². The number of nitrogens with one attached hydrogen (secondary N) is 1. The molecular weight excluding hydrogens is 300 g/mol. The first kappa shape index (κ1) is 15.7. The highest BCUT2D eigenvalue weighted by atomic mass is 16.6. The Morgan fingerprint density at radius 3 is 2.61 bits per heavy atom. The lowest BCUT2D eigenvalue weighted by atomic mass is 10.1. The molecule has 2 rings (SSSR count). The summed E-state index contributed by atoms with van der Waals surface area (Å²) in [6.45, 7) is 0. The molecule has 0 radical (unpaired) electrons. The Hall–Kier alpha value is -3.73. The summed E-state index contributed by atoms with van der Waals surface area (Å²) in [6.07, 6.45) is 1.34. The summed E-state index contributed by atoms with van der Waals surface area (Å²) in [7, 11) is 0. The van der Waals surface area contributed by atoms with Crippen LogP contribution in [-0.4, -0.2) is 22.2 Å². The van der Waals surface area contributed by atoms with Crippen LogP contribution in [0, 0.1) is 21.4 Å². The third kappa shape index (κ3) is 3.89. The Labute approximate surface area is 130 Å². The van der Waals surface area contributed by atoms with E-state index in [-0.39, 0.29) is 17.0 Å². The SMILES string of the molecule is N#Cc1ccc(/C=N\NC(=O)c2cc([N+](=O)[O-])ccc2O)cc1. The van der Waals surface area contributed by atoms with Gasteiger partial charge in [-0.3, -0.25) is 14.9 Å². The average molecular weight is 310 g/mol. The number of nitrogens with zero attached hydrogens (tertiary/aromatic N) is 3. The van der Waals surface area contributed by atoms with E-state index in [1.165, 1.54) is 6.21 Å². The zero-order valence-corrected chi connectivity index (χ0v) is 11.6. The number of non-ortho nitro benzene ring substituents is 1. The zero-order valence-electron chi connectivity index (χ0n) is 11.6. The van der Waals surface area contributed by atoms with Gasteiger partial charge in [0.05, 0.1) is 28.3 Å². The normalized spacial score (nSPS) is 10.2. The van der Waals surface area contributed by atoms with Gasteiger partial charge in [0.2, 0.25) is 0 Å². The molecule has 8 nitrogen and oxygen atoms in total. The fraction of sp³-hybridized carbons (Fsp3) is 0. The summed E-state index contributed by atoms with van der Waals surface area (Å²) in [5, 5.41) is 32.7. The van der Waals surface area contributed by atoms with Crippen molar-refractivity contribution in [2.24, 2.45) is 5.10 Å². The van der Waals surface area contributed by atoms with Crippen LogP contribution >= 0.6 is 0 Å². The minimum atomic E-state index is -0.781. The molecule has 114 valence electrons. The number of rotatable bonds is 4. The van der Waals surface area contributed by atoms with E-state index in [0.29, 0.717) is 11.1 Å². The Kier molecular flexibility index (Phi) is 4.64. The van der Waals surface area contributed by atoms with Gasteiger partial charge in [-0.25, -0.2) is 5.43 Å². The summed E-state index contributed by atoms with van der Waals surface area (Å²) in [5.74, 6) is -1.17. The molecular formula is C15H10N4O4. The average Bonchev–Trinajstić information content (AvgIpc) is 2.55. The fourth-order valence-corrected chi connectivity index (χ4v) is 1.69. The zero-order chi connectivity index (χ0) is 16.8. The lowest BCUT2D eigenvalue weighted by molar-refractivity contribution is -0.384. The smallest absolute Gasteiger partial charge is 0.275 e. The first-order chi connectivity index (χ1) is 11.0. The van der Waals surface area contributed by atoms with Gasteiger partial charge in [0.15, 0.2) is 0 Å². The second kappa shape index (κ2) is 6.82. The molecule has 0 aromatic heterocycles. The van der Waals surface area contributed by atoms with E-state index >= 15 is 0 Å². The molecule has 0 saturated carbocycles. The number of carbonyl (C=O) groups is 1. The van der Waals surface area contributed by atoms with Crippen LogP contribution in [0.25, 0.3) is 0 Å². The molecule has 8 heteroatoms. The van der Waals surface area contributed by atoms with Crippen LogP contribution in [-0.2, 0) is 0 Å². The molecule has 0 atom stereocenters. The number of phenols is 1. The van der Waals surface area contributed by atoms with Gasteiger partial charge in [-0.15, -0.1) is 0 Å². The van der Waals surface area contributed by atoms with Crippen LogP contribution in [0.1, 0.15) is 21.5 Å². The van der Waals surface area contributed by atoms with Gasteiger partial charge in [0.25, 0.3) is 11.6 Å². The number of amides is 1. The molecule has 0 saturated heterocycles. The quantitative estimate of drug-likeness (QED) is 0.506. The van der Waals surface area contributed by atoms with Crippen LogP contribution in [0.15, 0.2) is 47.6 Å². The second-order valence-electron chi connectivity index (χ2n) is 4.39. The van der Waals surface area contributed by atoms with Gasteiger partial charge in [-0.2, -0.15) is 10.4 Å². The molecule has 0 heterocycles. The van der Waals surface area contributed by atoms with Crippen molar-refractivity contribution in [3.05, 3.63) is 69.3 Å². The molecule has 0 fully saturated rings. The highest BCUT2D eigenvalue weighted by Crippen LogP contribution is 2.22. The molecule has 2 N–H and O–H groups in total. The van der Waals surface area contributed by atoms with Crippen molar-refractivity contribution < 1.29 is 14.8 Å². The van der Waals surface area contributed by atoms with E-state index in [2.05, 4.69) is 10.5 Å². The van der Waals surface area contributed by atoms with Crippen molar-refractivity contribution in [1.29, 1.82) is 5.26 Å². The first-order valence-corrected chi connectivity index (χ1v) is 6.32. The number of carbonyl (C=O) groups excluding carboxylic acids is 1. The summed E-state index contributed by atoms with van der Waals surface area (Å²) in [4.78, 5) is 21.9. The molecule has 2 aromatic rings. The number of nitro groups is 1. The number of hydrogen-bond acceptors (Lipinski definition) is 6. The van der Waals surface area contributed by atoms with Crippen molar-refractivity contribution in [2.45, 2.75) is 0 Å². The summed E-state index contributed by atoms with van der Waals surface area (Å²) < 4.78 is 0. The van der Waals surface area contributed by atoms with Gasteiger partial charge < -0.3 is 5.11 Å². The van der Waals surface area contributed by atoms with Gasteiger partial charge in [-0.05, 0) is 23.8 Å². The van der Waals surface area contributed by atoms with Crippen LogP contribution in [0.5, 0.6) is 5.75 Å². The monoisotopic (exact) mass is 310 g/mol. The second-order valence-corrected chi connectivity index (χ2v) is 4.39. The number of nitro benzene ring substituents is 1. The third-order valence-corrected chi connectivity index (χ3v) is 2.86. The predicted octanol–water partition coefficient (Wildman–Crippen LogP) is 1.94. The number of phenolic OH excluding ortho intramolecular Hbond substituents is 1. The number of hydrogen-bond donors (Lipinski definition) is 2. The van der Waals surface area contributed by atoms with Crippen LogP contribution in [0.2, 0.25) is 0 Å². The molecule has 23 heavy (non-hydrogen) atoms. The van der Waals surface area contributed by atoms with E-state index in [9.17, 15) is 20.0 Å². The van der Waals surface area contributed by atoms with Crippen LogP contribution in [0.4, 0.5) is 5.69 Å². The first-order valence-electron chi connectivity index (χ1n) is 6.32. The number of benzene rings is 2. The Morgan fingerprint density at radius 2 is 2.00 bits per heavy atom. The fourth-order valence-electron chi connectivity index (χ4n) is 1.69. The maximum Gasteiger partial charge on any atom is 0.275 e. The summed E-state index contributed by atoms with van der Waals surface area (Å²) in [5.41, 5.74) is 2.74. The topological polar surface area (TPSA) is 129 Å². The molecule has 0 spiro atoms. The van der Waals surface area contributed by atoms with Gasteiger partial charge >= 0.3 is 0 Å². The van der Waals surface area contributed by atoms with Crippen molar-refractivity contribution in [3.8, 4) is 11.8 Å². The molecule has 2 aromatic carbocycles. The Morgan fingerprint density at radius 1 is 1.30 bits per heavy atom. The van der Waals surface area contributed by atoms with Gasteiger partial charge in [0, 0.05) is 12.1 Å². The van der Waals surface area contributed by atoms with Crippen LogP contribution < -0.4 is 5.43 Å². The molecule has 0 aliphatic heterocycles. The molecule has 0 aliphatic rings. The van der Waals surface area contributed by atoms with E-state index in [4.69, 9.17) is 5.26 Å². The van der Waals surface area contributed by atoms with Crippen molar-refractivity contribution in [1.82, 2.24) is 5.43 Å². The lowest BCUT2D eigenvalue weighted by Crippen LogP contribution is -2.18. The van der Waals surface area contributed by atoms with E-state index < -0.39 is 10.8 Å². The summed E-state index contributed by atoms with van der Waals surface area (Å²) >= 11 is 0. The van der Waals surface area contributed by atoms with E-state index in [0.717, 1.165) is 18.2 Å². The minimum Gasteiger partial charge on any atom is -0.507 e. The van der Waals surface area contributed by atoms with Gasteiger partial charge in [0.1, 0.15) is 5.75 Å². The van der Waals surface area contributed by atoms with Gasteiger partial charge in [-0.1, -0.05) is 12.1 Å². The van der Waals surface area contributed by atoms with Crippen molar-refractivity contribution in [3.63, 3.8) is 0 Å². The number of hydrazone groups is 1. The Balaban J connectivity index is 2.10. The molecule has 0 bridgehead atoms. The number of nitriles is 1. The molecule has 0 unspecified atom stereocenters.